The topological polar surface area (TPSA) is 166 Å². The first-order valence-electron chi connectivity index (χ1n) is 9.67. The summed E-state index contributed by atoms with van der Waals surface area (Å²) in [6, 6.07) is 6.87. The minimum Gasteiger partial charge on any atom is -0.480 e. The average molecular weight is 475 g/mol. The highest BCUT2D eigenvalue weighted by Gasteiger charge is 2.44. The summed E-state index contributed by atoms with van der Waals surface area (Å²) in [6.07, 6.45) is 2.74. The summed E-state index contributed by atoms with van der Waals surface area (Å²) in [5.41, 5.74) is 12.5. The van der Waals surface area contributed by atoms with E-state index in [-0.39, 0.29) is 55.9 Å². The number of aromatic amines is 1. The molecule has 8 N–H and O–H groups in total. The van der Waals surface area contributed by atoms with Gasteiger partial charge in [-0.05, 0) is 36.7 Å². The smallest absolute Gasteiger partial charge is 0.451 e. The maximum atomic E-state index is 13.0. The van der Waals surface area contributed by atoms with E-state index < -0.39 is 24.7 Å². The molecule has 1 aromatic heterocycles. The number of fused-ring (bicyclic) bond motifs is 1. The van der Waals surface area contributed by atoms with Gasteiger partial charge in [-0.1, -0.05) is 24.6 Å². The normalized spacial score (nSPS) is 21.7. The second-order valence-electron chi connectivity index (χ2n) is 7.98. The molecular formula is C19H29BCl2N4O5. The van der Waals surface area contributed by atoms with Gasteiger partial charge in [0.1, 0.15) is 5.54 Å². The molecule has 3 rings (SSSR count). The number of amides is 1. The molecule has 1 fully saturated rings. The zero-order valence-electron chi connectivity index (χ0n) is 16.9. The van der Waals surface area contributed by atoms with Crippen LogP contribution in [-0.4, -0.2) is 68.7 Å². The van der Waals surface area contributed by atoms with E-state index in [4.69, 9.17) is 21.5 Å². The van der Waals surface area contributed by atoms with Crippen molar-refractivity contribution in [2.45, 2.75) is 37.2 Å². The van der Waals surface area contributed by atoms with Gasteiger partial charge >= 0.3 is 13.1 Å². The van der Waals surface area contributed by atoms with Crippen LogP contribution in [0.2, 0.25) is 6.32 Å². The van der Waals surface area contributed by atoms with Gasteiger partial charge in [0.2, 0.25) is 5.91 Å². The number of nitrogens with two attached hydrogens (primary N) is 2. The number of carbonyl (C=O) groups is 2. The number of carbonyl (C=O) groups excluding carboxylic acids is 1. The van der Waals surface area contributed by atoms with Crippen molar-refractivity contribution in [3.05, 3.63) is 36.0 Å². The lowest BCUT2D eigenvalue weighted by Gasteiger charge is -2.42. The molecule has 12 heteroatoms. The summed E-state index contributed by atoms with van der Waals surface area (Å²) in [5, 5.41) is 28.8. The van der Waals surface area contributed by atoms with Crippen LogP contribution in [0.5, 0.6) is 0 Å². The first-order chi connectivity index (χ1) is 13.7. The van der Waals surface area contributed by atoms with Crippen LogP contribution in [0.25, 0.3) is 10.9 Å². The number of para-hydroxylation sites is 1. The standard InChI is InChI=1S/C19H27BN4O5.2ClH/c21-15(7-13-9-23-16-4-2-1-3-14(13)16)17(25)24-10-12(5-6-20(28)29)8-19(22,11-24)18(26)27;;/h1-4,9,12,15,23,28-29H,5-8,10-11,21-22H2,(H,26,27);2*1H/t12-,15?,19+;;/m0../s1. The quantitative estimate of drug-likeness (QED) is 0.315. The molecule has 1 aliphatic rings. The minimum atomic E-state index is -1.58. The SMILES string of the molecule is Cl.Cl.NC(Cc1c[nH]c2ccccc12)C(=O)N1C[C@@H](CCB(O)O)C[C@](N)(C(=O)O)C1. The van der Waals surface area contributed by atoms with Gasteiger partial charge in [-0.3, -0.25) is 9.59 Å². The van der Waals surface area contributed by atoms with Crippen LogP contribution in [-0.2, 0) is 16.0 Å². The fraction of sp³-hybridized carbons (Fsp3) is 0.474. The number of nitrogens with zero attached hydrogens (tertiary/aromatic N) is 1. The number of nitrogens with one attached hydrogen (secondary N) is 1. The number of hydrogen-bond acceptors (Lipinski definition) is 6. The summed E-state index contributed by atoms with van der Waals surface area (Å²) < 4.78 is 0. The second kappa shape index (κ2) is 11.2. The number of rotatable bonds is 7. The summed E-state index contributed by atoms with van der Waals surface area (Å²) in [4.78, 5) is 29.3. The van der Waals surface area contributed by atoms with Gasteiger partial charge in [0.05, 0.1) is 6.04 Å². The molecular weight excluding hydrogens is 446 g/mol. The third-order valence-corrected chi connectivity index (χ3v) is 5.61. The van der Waals surface area contributed by atoms with Gasteiger partial charge in [-0.15, -0.1) is 24.8 Å². The fourth-order valence-electron chi connectivity index (χ4n) is 4.12. The van der Waals surface area contributed by atoms with E-state index in [9.17, 15) is 14.7 Å². The number of H-pyrrole nitrogens is 1. The molecule has 0 bridgehead atoms. The predicted octanol–water partition coefficient (Wildman–Crippen LogP) is 0.375. The van der Waals surface area contributed by atoms with Crippen LogP contribution in [0.15, 0.2) is 30.5 Å². The van der Waals surface area contributed by atoms with Crippen LogP contribution in [0.1, 0.15) is 18.4 Å². The molecule has 2 heterocycles. The first-order valence-corrected chi connectivity index (χ1v) is 9.67. The number of aromatic nitrogens is 1. The fourth-order valence-corrected chi connectivity index (χ4v) is 4.12. The number of hydrogen-bond donors (Lipinski definition) is 6. The predicted molar refractivity (Wildman–Crippen MR) is 123 cm³/mol. The molecule has 1 unspecified atom stereocenters. The maximum absolute atomic E-state index is 13.0. The van der Waals surface area contributed by atoms with Crippen molar-refractivity contribution in [3.8, 4) is 0 Å². The molecule has 0 spiro atoms. The van der Waals surface area contributed by atoms with Gasteiger partial charge in [0.15, 0.2) is 0 Å². The van der Waals surface area contributed by atoms with E-state index in [2.05, 4.69) is 4.98 Å². The van der Waals surface area contributed by atoms with Gasteiger partial charge in [0.25, 0.3) is 0 Å². The van der Waals surface area contributed by atoms with E-state index in [1.807, 2.05) is 30.5 Å². The number of aliphatic carboxylic acids is 1. The number of benzene rings is 1. The van der Waals surface area contributed by atoms with Crippen molar-refractivity contribution >= 4 is 54.7 Å². The summed E-state index contributed by atoms with van der Waals surface area (Å²) in [5.74, 6) is -1.80. The van der Waals surface area contributed by atoms with Crippen molar-refractivity contribution < 1.29 is 24.7 Å². The van der Waals surface area contributed by atoms with Crippen LogP contribution in [0.4, 0.5) is 0 Å². The molecule has 31 heavy (non-hydrogen) atoms. The molecule has 9 nitrogen and oxygen atoms in total. The lowest BCUT2D eigenvalue weighted by atomic mass is 9.75. The van der Waals surface area contributed by atoms with Crippen molar-refractivity contribution in [1.82, 2.24) is 9.88 Å². The minimum absolute atomic E-state index is 0. The lowest BCUT2D eigenvalue weighted by molar-refractivity contribution is -0.149. The Hall–Kier alpha value is -1.82. The number of likely N-dealkylation sites (tertiary alicyclic amines) is 1. The van der Waals surface area contributed by atoms with E-state index in [0.29, 0.717) is 19.4 Å². The van der Waals surface area contributed by atoms with Crippen molar-refractivity contribution in [3.63, 3.8) is 0 Å². The van der Waals surface area contributed by atoms with Crippen LogP contribution >= 0.6 is 24.8 Å². The molecule has 172 valence electrons. The van der Waals surface area contributed by atoms with E-state index >= 15 is 0 Å². The van der Waals surface area contributed by atoms with E-state index in [1.54, 1.807) is 0 Å². The van der Waals surface area contributed by atoms with Gasteiger partial charge in [-0.2, -0.15) is 0 Å². The molecule has 0 radical (unpaired) electrons. The Morgan fingerprint density at radius 3 is 2.61 bits per heavy atom. The van der Waals surface area contributed by atoms with Crippen LogP contribution in [0, 0.1) is 5.92 Å². The highest BCUT2D eigenvalue weighted by atomic mass is 35.5. The van der Waals surface area contributed by atoms with E-state index in [0.717, 1.165) is 16.5 Å². The van der Waals surface area contributed by atoms with Crippen molar-refractivity contribution in [2.24, 2.45) is 17.4 Å². The van der Waals surface area contributed by atoms with Crippen LogP contribution < -0.4 is 11.5 Å². The molecule has 1 amide bonds. The Morgan fingerprint density at radius 1 is 1.29 bits per heavy atom. The molecule has 1 saturated heterocycles. The molecule has 3 atom stereocenters. The molecule has 1 aromatic carbocycles. The zero-order chi connectivity index (χ0) is 21.2. The Bertz CT molecular complexity index is 899. The Morgan fingerprint density at radius 2 is 1.97 bits per heavy atom. The Balaban J connectivity index is 0.00000240. The third kappa shape index (κ3) is 6.35. The van der Waals surface area contributed by atoms with Crippen molar-refractivity contribution in [2.75, 3.05) is 13.1 Å². The Labute approximate surface area is 193 Å². The van der Waals surface area contributed by atoms with Gasteiger partial charge in [0, 0.05) is 30.2 Å². The van der Waals surface area contributed by atoms with Crippen molar-refractivity contribution in [1.29, 1.82) is 0 Å². The largest absolute Gasteiger partial charge is 0.480 e. The number of carboxylic acid groups (broad SMARTS) is 1. The van der Waals surface area contributed by atoms with Crippen LogP contribution in [0.3, 0.4) is 0 Å². The van der Waals surface area contributed by atoms with E-state index in [1.165, 1.54) is 4.90 Å². The lowest BCUT2D eigenvalue weighted by Crippen LogP contribution is -2.64. The summed E-state index contributed by atoms with van der Waals surface area (Å²) >= 11 is 0. The maximum Gasteiger partial charge on any atom is 0.451 e. The summed E-state index contributed by atoms with van der Waals surface area (Å²) in [6.45, 7) is 0.167. The monoisotopic (exact) mass is 474 g/mol. The second-order valence-corrected chi connectivity index (χ2v) is 7.98. The average Bonchev–Trinajstić information content (AvgIpc) is 3.08. The zero-order valence-corrected chi connectivity index (χ0v) is 18.6. The van der Waals surface area contributed by atoms with Gasteiger partial charge in [-0.25, -0.2) is 0 Å². The third-order valence-electron chi connectivity index (χ3n) is 5.61. The molecule has 0 aliphatic carbocycles. The number of piperidine rings is 1. The molecule has 1 aliphatic heterocycles. The number of carboxylic acids is 1. The summed E-state index contributed by atoms with van der Waals surface area (Å²) in [7, 11) is -1.48. The Kier molecular flexibility index (Phi) is 9.81. The van der Waals surface area contributed by atoms with Gasteiger partial charge < -0.3 is 36.5 Å². The first kappa shape index (κ1) is 27.2. The highest BCUT2D eigenvalue weighted by molar-refractivity contribution is 6.40. The molecule has 0 saturated carbocycles. The highest BCUT2D eigenvalue weighted by Crippen LogP contribution is 2.28. The molecule has 2 aromatic rings. The number of halogens is 2.